The van der Waals surface area contributed by atoms with E-state index in [-0.39, 0.29) is 0 Å². The van der Waals surface area contributed by atoms with Crippen LogP contribution in [0.5, 0.6) is 0 Å². The van der Waals surface area contributed by atoms with Crippen molar-refractivity contribution in [3.63, 3.8) is 0 Å². The summed E-state index contributed by atoms with van der Waals surface area (Å²) < 4.78 is 2.54. The predicted molar refractivity (Wildman–Crippen MR) is 104 cm³/mol. The molecule has 26 heavy (non-hydrogen) atoms. The number of nitriles is 1. The van der Waals surface area contributed by atoms with Gasteiger partial charge >= 0.3 is 0 Å². The minimum absolute atomic E-state index is 0.521. The van der Waals surface area contributed by atoms with Gasteiger partial charge in [0.05, 0.1) is 17.1 Å². The minimum Gasteiger partial charge on any atom is -0.346 e. The lowest BCUT2D eigenvalue weighted by Gasteiger charge is -2.27. The molecule has 4 aromatic rings. The number of rotatable bonds is 2. The number of aromatic nitrogens is 3. The van der Waals surface area contributed by atoms with Crippen molar-refractivity contribution in [2.45, 2.75) is 38.1 Å². The van der Waals surface area contributed by atoms with Crippen LogP contribution in [0.25, 0.3) is 33.2 Å². The number of nitrogens with one attached hydrogen (secondary N) is 1. The summed E-state index contributed by atoms with van der Waals surface area (Å²) in [6.45, 7) is 0. The number of benzene rings is 1. The summed E-state index contributed by atoms with van der Waals surface area (Å²) in [4.78, 5) is 7.82. The summed E-state index contributed by atoms with van der Waals surface area (Å²) in [5, 5.41) is 11.5. The molecule has 1 aliphatic carbocycles. The molecule has 128 valence electrons. The monoisotopic (exact) mass is 340 g/mol. The normalized spacial score (nSPS) is 15.5. The number of hydrogen-bond acceptors (Lipinski definition) is 2. The molecule has 4 heteroatoms. The van der Waals surface area contributed by atoms with E-state index in [9.17, 15) is 0 Å². The molecule has 1 N–H and O–H groups in total. The largest absolute Gasteiger partial charge is 0.346 e. The van der Waals surface area contributed by atoms with Gasteiger partial charge in [0.25, 0.3) is 0 Å². The van der Waals surface area contributed by atoms with Crippen molar-refractivity contribution >= 4 is 21.9 Å². The van der Waals surface area contributed by atoms with Gasteiger partial charge < -0.3 is 9.55 Å². The molecule has 0 atom stereocenters. The van der Waals surface area contributed by atoms with E-state index >= 15 is 0 Å². The Kier molecular flexibility index (Phi) is 3.53. The molecule has 0 spiro atoms. The van der Waals surface area contributed by atoms with Crippen LogP contribution in [0.1, 0.15) is 43.7 Å². The molecule has 0 aliphatic heterocycles. The number of aromatic amines is 1. The SMILES string of the molecule is N#Cc1ccc(-c2cc3cnc4[nH]ccc4c3n2C2CCCCC2)cc1. The molecule has 3 aromatic heterocycles. The first-order chi connectivity index (χ1) is 12.8. The summed E-state index contributed by atoms with van der Waals surface area (Å²) in [6.07, 6.45) is 10.3. The first-order valence-corrected chi connectivity index (χ1v) is 9.33. The molecule has 0 unspecified atom stereocenters. The number of hydrogen-bond donors (Lipinski definition) is 1. The van der Waals surface area contributed by atoms with Crippen LogP contribution in [0.4, 0.5) is 0 Å². The summed E-state index contributed by atoms with van der Waals surface area (Å²) in [7, 11) is 0. The number of fused-ring (bicyclic) bond motifs is 3. The van der Waals surface area contributed by atoms with Crippen LogP contribution in [-0.2, 0) is 0 Å². The van der Waals surface area contributed by atoms with E-state index in [2.05, 4.69) is 44.9 Å². The molecule has 1 aliphatic rings. The van der Waals surface area contributed by atoms with Crippen LogP contribution in [0.2, 0.25) is 0 Å². The minimum atomic E-state index is 0.521. The lowest BCUT2D eigenvalue weighted by atomic mass is 9.94. The Morgan fingerprint density at radius 2 is 1.88 bits per heavy atom. The highest BCUT2D eigenvalue weighted by atomic mass is 15.0. The van der Waals surface area contributed by atoms with Crippen molar-refractivity contribution in [1.29, 1.82) is 5.26 Å². The van der Waals surface area contributed by atoms with Crippen molar-refractivity contribution in [3.8, 4) is 17.3 Å². The second-order valence-electron chi connectivity index (χ2n) is 7.18. The fourth-order valence-electron chi connectivity index (χ4n) is 4.38. The van der Waals surface area contributed by atoms with Crippen LogP contribution >= 0.6 is 0 Å². The zero-order valence-corrected chi connectivity index (χ0v) is 14.6. The van der Waals surface area contributed by atoms with Gasteiger partial charge in [-0.1, -0.05) is 31.4 Å². The maximum atomic E-state index is 9.10. The zero-order valence-electron chi connectivity index (χ0n) is 14.6. The standard InChI is InChI=1S/C22H20N4/c23-13-15-6-8-16(9-7-15)20-12-17-14-25-22-19(10-11-24-22)21(17)26(20)18-4-2-1-3-5-18/h6-12,14,18H,1-5H2,(H,24,25). The molecule has 1 fully saturated rings. The Hall–Kier alpha value is -3.06. The Labute approximate surface area is 152 Å². The van der Waals surface area contributed by atoms with E-state index in [0.29, 0.717) is 11.6 Å². The van der Waals surface area contributed by atoms with Gasteiger partial charge in [0, 0.05) is 34.9 Å². The van der Waals surface area contributed by atoms with Gasteiger partial charge in [0.1, 0.15) is 5.65 Å². The van der Waals surface area contributed by atoms with Crippen LogP contribution in [0.15, 0.2) is 48.8 Å². The number of pyridine rings is 1. The van der Waals surface area contributed by atoms with Crippen LogP contribution in [0, 0.1) is 11.3 Å². The molecule has 5 rings (SSSR count). The Balaban J connectivity index is 1.79. The molecular weight excluding hydrogens is 320 g/mol. The maximum Gasteiger partial charge on any atom is 0.139 e. The van der Waals surface area contributed by atoms with Crippen molar-refractivity contribution in [3.05, 3.63) is 54.4 Å². The topological polar surface area (TPSA) is 57.4 Å². The molecule has 1 saturated carbocycles. The molecule has 0 bridgehead atoms. The van der Waals surface area contributed by atoms with Gasteiger partial charge in [-0.3, -0.25) is 0 Å². The third-order valence-electron chi connectivity index (χ3n) is 5.63. The van der Waals surface area contributed by atoms with Crippen molar-refractivity contribution < 1.29 is 0 Å². The first kappa shape index (κ1) is 15.2. The lowest BCUT2D eigenvalue weighted by Crippen LogP contribution is -2.13. The average molecular weight is 340 g/mol. The molecular formula is C22H20N4. The highest BCUT2D eigenvalue weighted by Crippen LogP contribution is 2.39. The summed E-state index contributed by atoms with van der Waals surface area (Å²) in [5.74, 6) is 0. The summed E-state index contributed by atoms with van der Waals surface area (Å²) >= 11 is 0. The maximum absolute atomic E-state index is 9.10. The fourth-order valence-corrected chi connectivity index (χ4v) is 4.38. The van der Waals surface area contributed by atoms with E-state index < -0.39 is 0 Å². The molecule has 1 aromatic carbocycles. The smallest absolute Gasteiger partial charge is 0.139 e. The van der Waals surface area contributed by atoms with Gasteiger partial charge in [-0.2, -0.15) is 5.26 Å². The fraction of sp³-hybridized carbons (Fsp3) is 0.273. The number of H-pyrrole nitrogens is 1. The Bertz CT molecular complexity index is 1120. The predicted octanol–water partition coefficient (Wildman–Crippen LogP) is 5.56. The zero-order chi connectivity index (χ0) is 17.5. The summed E-state index contributed by atoms with van der Waals surface area (Å²) in [6, 6.07) is 15.1. The van der Waals surface area contributed by atoms with Crippen molar-refractivity contribution in [2.75, 3.05) is 0 Å². The molecule has 3 heterocycles. The highest BCUT2D eigenvalue weighted by molar-refractivity contribution is 6.05. The average Bonchev–Trinajstić information content (AvgIpc) is 3.32. The molecule has 4 nitrogen and oxygen atoms in total. The lowest BCUT2D eigenvalue weighted by molar-refractivity contribution is 0.363. The second-order valence-corrected chi connectivity index (χ2v) is 7.18. The van der Waals surface area contributed by atoms with Crippen molar-refractivity contribution in [1.82, 2.24) is 14.5 Å². The van der Waals surface area contributed by atoms with E-state index in [4.69, 9.17) is 5.26 Å². The third-order valence-corrected chi connectivity index (χ3v) is 5.63. The van der Waals surface area contributed by atoms with Crippen LogP contribution < -0.4 is 0 Å². The number of nitrogens with zero attached hydrogens (tertiary/aromatic N) is 3. The Morgan fingerprint density at radius 1 is 1.08 bits per heavy atom. The Morgan fingerprint density at radius 3 is 2.65 bits per heavy atom. The van der Waals surface area contributed by atoms with Gasteiger partial charge in [0.15, 0.2) is 0 Å². The highest BCUT2D eigenvalue weighted by Gasteiger charge is 2.22. The molecule has 0 radical (unpaired) electrons. The first-order valence-electron chi connectivity index (χ1n) is 9.33. The van der Waals surface area contributed by atoms with Gasteiger partial charge in [-0.05, 0) is 42.7 Å². The van der Waals surface area contributed by atoms with Gasteiger partial charge in [-0.15, -0.1) is 0 Å². The van der Waals surface area contributed by atoms with E-state index in [1.807, 2.05) is 24.5 Å². The van der Waals surface area contributed by atoms with E-state index in [1.165, 1.54) is 54.1 Å². The van der Waals surface area contributed by atoms with Gasteiger partial charge in [-0.25, -0.2) is 4.98 Å². The van der Waals surface area contributed by atoms with Crippen LogP contribution in [-0.4, -0.2) is 14.5 Å². The third kappa shape index (κ3) is 2.32. The quantitative estimate of drug-likeness (QED) is 0.519. The van der Waals surface area contributed by atoms with Crippen LogP contribution in [0.3, 0.4) is 0 Å². The molecule has 0 amide bonds. The van der Waals surface area contributed by atoms with Gasteiger partial charge in [0.2, 0.25) is 0 Å². The van der Waals surface area contributed by atoms with Crippen molar-refractivity contribution in [2.24, 2.45) is 0 Å². The van der Waals surface area contributed by atoms with E-state index in [0.717, 1.165) is 11.2 Å². The summed E-state index contributed by atoms with van der Waals surface area (Å²) in [5.41, 5.74) is 5.31. The second kappa shape index (κ2) is 6.03. The van der Waals surface area contributed by atoms with E-state index in [1.54, 1.807) is 0 Å². The molecule has 0 saturated heterocycles.